The van der Waals surface area contributed by atoms with E-state index in [1.54, 1.807) is 35.2 Å². The van der Waals surface area contributed by atoms with E-state index in [1.807, 2.05) is 61.5 Å². The summed E-state index contributed by atoms with van der Waals surface area (Å²) >= 11 is 3.14. The molecule has 2 N–H and O–H groups in total. The summed E-state index contributed by atoms with van der Waals surface area (Å²) in [7, 11) is 0. The van der Waals surface area contributed by atoms with Crippen LogP contribution in [-0.4, -0.2) is 45.1 Å². The molecule has 43 heavy (non-hydrogen) atoms. The lowest BCUT2D eigenvalue weighted by Crippen LogP contribution is -2.38. The molecule has 1 amide bonds. The molecule has 1 aromatic heterocycles. The fourth-order valence-corrected chi connectivity index (χ4v) is 6.86. The van der Waals surface area contributed by atoms with E-state index in [2.05, 4.69) is 27.6 Å². The second-order valence-corrected chi connectivity index (χ2v) is 12.6. The lowest BCUT2D eigenvalue weighted by molar-refractivity contribution is -0.255. The molecule has 0 bridgehead atoms. The number of amides is 1. The molecule has 5 rings (SSSR count). The Labute approximate surface area is 258 Å². The molecule has 1 aliphatic heterocycles. The van der Waals surface area contributed by atoms with Gasteiger partial charge in [0.25, 0.3) is 5.91 Å². The zero-order valence-electron chi connectivity index (χ0n) is 24.0. The highest BCUT2D eigenvalue weighted by Gasteiger charge is 2.42. The summed E-state index contributed by atoms with van der Waals surface area (Å²) in [6.45, 7) is 4.67. The molecule has 1 aliphatic rings. The second kappa shape index (κ2) is 14.2. The Morgan fingerprint density at radius 2 is 1.74 bits per heavy atom. The first-order valence-corrected chi connectivity index (χ1v) is 15.7. The molecule has 5 atom stereocenters. The van der Waals surface area contributed by atoms with Gasteiger partial charge in [-0.05, 0) is 42.7 Å². The average Bonchev–Trinajstić information content (AvgIpc) is 3.44. The number of esters is 1. The van der Waals surface area contributed by atoms with E-state index in [9.17, 15) is 14.7 Å². The van der Waals surface area contributed by atoms with Crippen molar-refractivity contribution in [2.75, 3.05) is 11.1 Å². The summed E-state index contributed by atoms with van der Waals surface area (Å²) in [5.74, 6) is -0.508. The fourth-order valence-electron chi connectivity index (χ4n) is 4.95. The smallest absolute Gasteiger partial charge is 0.303 e. The van der Waals surface area contributed by atoms with Gasteiger partial charge in [0.1, 0.15) is 5.01 Å². The quantitative estimate of drug-likeness (QED) is 0.164. The third-order valence-electron chi connectivity index (χ3n) is 6.99. The van der Waals surface area contributed by atoms with Gasteiger partial charge in [0.2, 0.25) is 0 Å². The lowest BCUT2D eigenvalue weighted by atomic mass is 9.84. The maximum atomic E-state index is 12.6. The van der Waals surface area contributed by atoms with E-state index in [1.165, 1.54) is 13.8 Å². The monoisotopic (exact) mass is 619 g/mol. The standard InChI is InChI=1S/C32H33N3O6S2/c1-19(39-21(3)37)30(38)33-26-11-7-10-25(16-26)31-40-27(18-42-32-35-34-20(2)43-32)28(23-8-5-4-6-9-23)29(41-31)24-14-12-22(17-36)13-15-24/h4-16,19,27-29,31,36H,17-18H2,1-3H3,(H,33,38)/t19-,27+,28+,29-,31?/m0/s1. The van der Waals surface area contributed by atoms with E-state index >= 15 is 0 Å². The number of rotatable bonds is 10. The topological polar surface area (TPSA) is 120 Å². The van der Waals surface area contributed by atoms with Gasteiger partial charge in [-0.2, -0.15) is 0 Å². The molecule has 11 heteroatoms. The van der Waals surface area contributed by atoms with Crippen LogP contribution < -0.4 is 5.32 Å². The van der Waals surface area contributed by atoms with E-state index in [0.717, 1.165) is 31.6 Å². The minimum Gasteiger partial charge on any atom is -0.453 e. The lowest BCUT2D eigenvalue weighted by Gasteiger charge is -2.43. The van der Waals surface area contributed by atoms with Gasteiger partial charge in [-0.15, -0.1) is 10.2 Å². The van der Waals surface area contributed by atoms with Crippen molar-refractivity contribution in [3.8, 4) is 0 Å². The molecule has 4 aromatic rings. The van der Waals surface area contributed by atoms with Crippen LogP contribution in [0.15, 0.2) is 83.2 Å². The molecular formula is C32H33N3O6S2. The maximum absolute atomic E-state index is 12.6. The zero-order chi connectivity index (χ0) is 30.3. The number of ether oxygens (including phenoxy) is 3. The first kappa shape index (κ1) is 30.8. The Morgan fingerprint density at radius 1 is 1.00 bits per heavy atom. The molecule has 0 saturated carbocycles. The summed E-state index contributed by atoms with van der Waals surface area (Å²) in [5.41, 5.74) is 4.10. The zero-order valence-corrected chi connectivity index (χ0v) is 25.6. The number of anilines is 1. The van der Waals surface area contributed by atoms with Gasteiger partial charge < -0.3 is 24.6 Å². The SMILES string of the molecule is CC(=O)O[C@@H](C)C(=O)Nc1cccc(C2O[C@H](CSc3nnc(C)s3)[C@@H](c3ccccc3)[C@H](c3ccc(CO)cc3)O2)c1. The average molecular weight is 620 g/mol. The normalized spacial score (nSPS) is 20.7. The molecule has 3 aromatic carbocycles. The number of aryl methyl sites for hydroxylation is 1. The Bertz CT molecular complexity index is 1530. The number of aliphatic hydroxyl groups excluding tert-OH is 1. The molecule has 9 nitrogen and oxygen atoms in total. The molecule has 1 saturated heterocycles. The highest BCUT2D eigenvalue weighted by molar-refractivity contribution is 8.01. The van der Waals surface area contributed by atoms with Crippen LogP contribution in [-0.2, 0) is 30.4 Å². The highest BCUT2D eigenvalue weighted by atomic mass is 32.2. The van der Waals surface area contributed by atoms with Gasteiger partial charge in [0, 0.05) is 29.8 Å². The van der Waals surface area contributed by atoms with Gasteiger partial charge in [-0.1, -0.05) is 89.8 Å². The maximum Gasteiger partial charge on any atom is 0.303 e. The largest absolute Gasteiger partial charge is 0.453 e. The number of carbonyl (C=O) groups is 2. The van der Waals surface area contributed by atoms with Crippen molar-refractivity contribution < 1.29 is 28.9 Å². The van der Waals surface area contributed by atoms with Crippen molar-refractivity contribution in [3.05, 3.63) is 106 Å². The third-order valence-corrected chi connectivity index (χ3v) is 9.05. The van der Waals surface area contributed by atoms with Gasteiger partial charge in [-0.25, -0.2) is 0 Å². The predicted octanol–water partition coefficient (Wildman–Crippen LogP) is 5.96. The van der Waals surface area contributed by atoms with Gasteiger partial charge in [0.05, 0.1) is 18.8 Å². The summed E-state index contributed by atoms with van der Waals surface area (Å²) in [4.78, 5) is 23.9. The Morgan fingerprint density at radius 3 is 2.42 bits per heavy atom. The summed E-state index contributed by atoms with van der Waals surface area (Å²) in [6, 6.07) is 25.2. The Hall–Kier alpha value is -3.61. The predicted molar refractivity (Wildman–Crippen MR) is 165 cm³/mol. The number of nitrogens with one attached hydrogen (secondary N) is 1. The first-order chi connectivity index (χ1) is 20.8. The first-order valence-electron chi connectivity index (χ1n) is 13.9. The van der Waals surface area contributed by atoms with Gasteiger partial charge in [0.15, 0.2) is 16.7 Å². The van der Waals surface area contributed by atoms with Crippen LogP contribution in [0.25, 0.3) is 0 Å². The number of benzene rings is 3. The molecular weight excluding hydrogens is 587 g/mol. The molecule has 1 fully saturated rings. The van der Waals surface area contributed by atoms with Crippen molar-refractivity contribution in [1.82, 2.24) is 10.2 Å². The van der Waals surface area contributed by atoms with Crippen LogP contribution in [0.3, 0.4) is 0 Å². The second-order valence-electron chi connectivity index (χ2n) is 10.2. The van der Waals surface area contributed by atoms with E-state index in [4.69, 9.17) is 14.2 Å². The van der Waals surface area contributed by atoms with Crippen LogP contribution in [0.2, 0.25) is 0 Å². The van der Waals surface area contributed by atoms with Gasteiger partial charge >= 0.3 is 5.97 Å². The van der Waals surface area contributed by atoms with Crippen LogP contribution in [0.1, 0.15) is 59.4 Å². The molecule has 224 valence electrons. The van der Waals surface area contributed by atoms with E-state index < -0.39 is 24.3 Å². The van der Waals surface area contributed by atoms with E-state index in [0.29, 0.717) is 11.4 Å². The van der Waals surface area contributed by atoms with Crippen molar-refractivity contribution in [1.29, 1.82) is 0 Å². The Balaban J connectivity index is 1.48. The van der Waals surface area contributed by atoms with Crippen LogP contribution >= 0.6 is 23.1 Å². The fraction of sp³-hybridized carbons (Fsp3) is 0.312. The number of hydrogen-bond acceptors (Lipinski definition) is 10. The molecule has 0 radical (unpaired) electrons. The van der Waals surface area contributed by atoms with Crippen molar-refractivity contribution >= 4 is 40.7 Å². The van der Waals surface area contributed by atoms with Crippen LogP contribution in [0.4, 0.5) is 5.69 Å². The number of thioether (sulfide) groups is 1. The highest BCUT2D eigenvalue weighted by Crippen LogP contribution is 2.48. The number of nitrogens with zero attached hydrogens (tertiary/aromatic N) is 2. The molecule has 0 aliphatic carbocycles. The van der Waals surface area contributed by atoms with E-state index in [-0.39, 0.29) is 24.7 Å². The third kappa shape index (κ3) is 7.87. The summed E-state index contributed by atoms with van der Waals surface area (Å²) < 4.78 is 19.3. The minimum atomic E-state index is -0.938. The molecule has 2 heterocycles. The minimum absolute atomic E-state index is 0.0469. The number of carbonyl (C=O) groups excluding carboxylic acids is 2. The van der Waals surface area contributed by atoms with Crippen molar-refractivity contribution in [2.24, 2.45) is 0 Å². The molecule has 0 spiro atoms. The van der Waals surface area contributed by atoms with Gasteiger partial charge in [-0.3, -0.25) is 9.59 Å². The number of aliphatic hydroxyl groups is 1. The Kier molecular flexibility index (Phi) is 10.2. The molecule has 1 unspecified atom stereocenters. The summed E-state index contributed by atoms with van der Waals surface area (Å²) in [6.07, 6.45) is -2.34. The van der Waals surface area contributed by atoms with Crippen molar-refractivity contribution in [2.45, 2.75) is 62.2 Å². The van der Waals surface area contributed by atoms with Crippen LogP contribution in [0, 0.1) is 6.92 Å². The van der Waals surface area contributed by atoms with Crippen LogP contribution in [0.5, 0.6) is 0 Å². The van der Waals surface area contributed by atoms with Crippen molar-refractivity contribution in [3.63, 3.8) is 0 Å². The summed E-state index contributed by atoms with van der Waals surface area (Å²) in [5, 5.41) is 21.8. The number of aromatic nitrogens is 2. The number of hydrogen-bond donors (Lipinski definition) is 2.